The Morgan fingerprint density at radius 3 is 2.14 bits per heavy atom. The Morgan fingerprint density at radius 2 is 1.64 bits per heavy atom. The predicted molar refractivity (Wildman–Crippen MR) is 162 cm³/mol. The first kappa shape index (κ1) is 30.6. The lowest BCUT2D eigenvalue weighted by atomic mass is 9.94. The van der Waals surface area contributed by atoms with Gasteiger partial charge in [0.25, 0.3) is 11.8 Å². The van der Waals surface area contributed by atoms with Crippen LogP contribution in [-0.2, 0) is 11.2 Å². The number of hydrogen-bond acceptors (Lipinski definition) is 9. The van der Waals surface area contributed by atoms with E-state index in [1.165, 1.54) is 26.2 Å². The number of amides is 3. The second-order valence-electron chi connectivity index (χ2n) is 10.0. The van der Waals surface area contributed by atoms with Crippen LogP contribution in [0.25, 0.3) is 0 Å². The number of ether oxygens (including phenoxy) is 3. The maximum Gasteiger partial charge on any atom is 0.273 e. The lowest BCUT2D eigenvalue weighted by molar-refractivity contribution is -0.123. The third kappa shape index (κ3) is 6.28. The highest BCUT2D eigenvalue weighted by molar-refractivity contribution is 7.09. The Bertz CT molecular complexity index is 1410. The van der Waals surface area contributed by atoms with Gasteiger partial charge in [0.1, 0.15) is 10.9 Å². The second kappa shape index (κ2) is 13.6. The number of nitrogens with one attached hydrogen (secondary N) is 1. The van der Waals surface area contributed by atoms with Gasteiger partial charge >= 0.3 is 0 Å². The second-order valence-corrected chi connectivity index (χ2v) is 10.8. The first-order chi connectivity index (χ1) is 20.2. The molecule has 42 heavy (non-hydrogen) atoms. The van der Waals surface area contributed by atoms with Crippen molar-refractivity contribution in [2.24, 2.45) is 5.73 Å². The summed E-state index contributed by atoms with van der Waals surface area (Å²) in [5, 5.41) is 3.17. The zero-order valence-electron chi connectivity index (χ0n) is 24.3. The van der Waals surface area contributed by atoms with Crippen molar-refractivity contribution < 1.29 is 28.6 Å². The van der Waals surface area contributed by atoms with Gasteiger partial charge in [-0.05, 0) is 66.2 Å². The van der Waals surface area contributed by atoms with Crippen molar-refractivity contribution in [3.63, 3.8) is 0 Å². The number of carbonyl (C=O) groups is 3. The minimum Gasteiger partial charge on any atom is -0.493 e. The lowest BCUT2D eigenvalue weighted by Gasteiger charge is -2.33. The SMILES string of the molecule is CCc1ccc(N(C(=O)c2snc(C(N)=O)c2N)C(C(=O)NC2CCCCC2)c2cc(OC)c(OC)c(OC)c2)cc1. The van der Waals surface area contributed by atoms with Gasteiger partial charge in [0.05, 0.1) is 27.0 Å². The molecule has 4 rings (SSSR count). The number of carbonyl (C=O) groups excluding carboxylic acids is 3. The van der Waals surface area contributed by atoms with Crippen LogP contribution in [0.2, 0.25) is 0 Å². The average molecular weight is 596 g/mol. The molecule has 0 saturated heterocycles. The minimum atomic E-state index is -1.18. The summed E-state index contributed by atoms with van der Waals surface area (Å²) in [5.41, 5.74) is 13.2. The fourth-order valence-electron chi connectivity index (χ4n) is 5.22. The summed E-state index contributed by atoms with van der Waals surface area (Å²) in [6.07, 6.45) is 5.61. The number of methoxy groups -OCH3 is 3. The summed E-state index contributed by atoms with van der Waals surface area (Å²) >= 11 is 0.756. The number of nitrogens with two attached hydrogens (primary N) is 2. The highest BCUT2D eigenvalue weighted by Gasteiger charge is 2.38. The molecule has 0 spiro atoms. The van der Waals surface area contributed by atoms with Crippen LogP contribution in [0.1, 0.15) is 76.4 Å². The zero-order chi connectivity index (χ0) is 30.4. The maximum absolute atomic E-state index is 14.4. The molecule has 1 aromatic heterocycles. The van der Waals surface area contributed by atoms with E-state index in [0.29, 0.717) is 28.5 Å². The van der Waals surface area contributed by atoms with Crippen LogP contribution < -0.4 is 35.9 Å². The van der Waals surface area contributed by atoms with Crippen LogP contribution >= 0.6 is 11.5 Å². The Hall–Kier alpha value is -4.32. The van der Waals surface area contributed by atoms with E-state index in [2.05, 4.69) is 9.69 Å². The maximum atomic E-state index is 14.4. The molecule has 1 aliphatic carbocycles. The summed E-state index contributed by atoms with van der Waals surface area (Å²) in [5.74, 6) is -0.855. The van der Waals surface area contributed by atoms with Crippen molar-refractivity contribution in [3.8, 4) is 17.2 Å². The van der Waals surface area contributed by atoms with Gasteiger partial charge in [0.2, 0.25) is 11.7 Å². The standard InChI is InChI=1S/C30H37N5O6S/c1-5-17-11-13-20(14-12-17)35(30(38)27-23(31)24(28(32)36)34-42-27)25(29(37)33-19-9-7-6-8-10-19)18-15-21(39-2)26(41-4)22(16-18)40-3/h11-16,19,25H,5-10,31H2,1-4H3,(H2,32,36)(H,33,37). The molecule has 1 atom stereocenters. The molecule has 0 radical (unpaired) electrons. The Kier molecular flexibility index (Phi) is 9.89. The number of primary amides is 1. The molecule has 2 aromatic carbocycles. The van der Waals surface area contributed by atoms with Crippen LogP contribution in [0.4, 0.5) is 11.4 Å². The van der Waals surface area contributed by atoms with Crippen molar-refractivity contribution >= 4 is 40.6 Å². The van der Waals surface area contributed by atoms with Crippen LogP contribution in [0.15, 0.2) is 36.4 Å². The Balaban J connectivity index is 1.94. The molecular formula is C30H37N5O6S. The van der Waals surface area contributed by atoms with Gasteiger partial charge in [0.15, 0.2) is 17.2 Å². The fourth-order valence-corrected chi connectivity index (χ4v) is 5.96. The molecule has 11 nitrogen and oxygen atoms in total. The first-order valence-electron chi connectivity index (χ1n) is 13.8. The van der Waals surface area contributed by atoms with Crippen molar-refractivity contribution in [1.82, 2.24) is 9.69 Å². The van der Waals surface area contributed by atoms with Gasteiger partial charge in [-0.15, -0.1) is 0 Å². The number of hydrogen-bond donors (Lipinski definition) is 3. The van der Waals surface area contributed by atoms with Gasteiger partial charge in [-0.1, -0.05) is 38.3 Å². The van der Waals surface area contributed by atoms with Crippen molar-refractivity contribution in [3.05, 3.63) is 58.1 Å². The van der Waals surface area contributed by atoms with Crippen molar-refractivity contribution in [2.75, 3.05) is 32.0 Å². The van der Waals surface area contributed by atoms with Gasteiger partial charge in [-0.3, -0.25) is 19.3 Å². The topological polar surface area (TPSA) is 159 Å². The summed E-state index contributed by atoms with van der Waals surface area (Å²) in [6, 6.07) is 9.43. The van der Waals surface area contributed by atoms with Gasteiger partial charge < -0.3 is 31.0 Å². The number of anilines is 2. The molecule has 0 aliphatic heterocycles. The van der Waals surface area contributed by atoms with Crippen LogP contribution in [0, 0.1) is 0 Å². The minimum absolute atomic E-state index is 0.00808. The van der Waals surface area contributed by atoms with Crippen LogP contribution in [0.5, 0.6) is 17.2 Å². The number of aryl methyl sites for hydroxylation is 1. The van der Waals surface area contributed by atoms with E-state index in [4.69, 9.17) is 25.7 Å². The lowest BCUT2D eigenvalue weighted by Crippen LogP contribution is -2.47. The largest absolute Gasteiger partial charge is 0.493 e. The first-order valence-corrected chi connectivity index (χ1v) is 14.6. The Morgan fingerprint density at radius 1 is 1.02 bits per heavy atom. The molecule has 3 aromatic rings. The molecule has 224 valence electrons. The van der Waals surface area contributed by atoms with E-state index in [-0.39, 0.29) is 28.2 Å². The fraction of sp³-hybridized carbons (Fsp3) is 0.400. The molecule has 1 fully saturated rings. The summed E-state index contributed by atoms with van der Waals surface area (Å²) in [7, 11) is 4.45. The molecule has 1 unspecified atom stereocenters. The number of rotatable bonds is 11. The van der Waals surface area contributed by atoms with E-state index < -0.39 is 17.9 Å². The molecular weight excluding hydrogens is 558 g/mol. The van der Waals surface area contributed by atoms with Gasteiger partial charge in [0, 0.05) is 11.7 Å². The van der Waals surface area contributed by atoms with Crippen molar-refractivity contribution in [2.45, 2.75) is 57.5 Å². The van der Waals surface area contributed by atoms with Crippen molar-refractivity contribution in [1.29, 1.82) is 0 Å². The molecule has 3 amide bonds. The molecule has 1 aliphatic rings. The number of aromatic nitrogens is 1. The summed E-state index contributed by atoms with van der Waals surface area (Å²) < 4.78 is 20.7. The smallest absolute Gasteiger partial charge is 0.273 e. The monoisotopic (exact) mass is 595 g/mol. The highest BCUT2D eigenvalue weighted by Crippen LogP contribution is 2.42. The predicted octanol–water partition coefficient (Wildman–Crippen LogP) is 4.25. The summed E-state index contributed by atoms with van der Waals surface area (Å²) in [6.45, 7) is 2.03. The van der Waals surface area contributed by atoms with E-state index in [9.17, 15) is 14.4 Å². The normalized spacial score (nSPS) is 14.1. The number of nitrogen functional groups attached to an aromatic ring is 1. The number of nitrogens with zero attached hydrogens (tertiary/aromatic N) is 2. The number of benzene rings is 2. The molecule has 0 bridgehead atoms. The Labute approximate surface area is 249 Å². The average Bonchev–Trinajstić information content (AvgIpc) is 3.40. The van der Waals surface area contributed by atoms with E-state index >= 15 is 0 Å². The molecule has 5 N–H and O–H groups in total. The quantitative estimate of drug-likeness (QED) is 0.297. The molecule has 1 saturated carbocycles. The van der Waals surface area contributed by atoms with Crippen LogP contribution in [-0.4, -0.2) is 49.5 Å². The third-order valence-corrected chi connectivity index (χ3v) is 8.31. The third-order valence-electron chi connectivity index (χ3n) is 7.46. The highest BCUT2D eigenvalue weighted by atomic mass is 32.1. The molecule has 12 heteroatoms. The van der Waals surface area contributed by atoms with Crippen LogP contribution in [0.3, 0.4) is 0 Å². The van der Waals surface area contributed by atoms with E-state index in [0.717, 1.165) is 55.6 Å². The summed E-state index contributed by atoms with van der Waals surface area (Å²) in [4.78, 5) is 42.0. The van der Waals surface area contributed by atoms with E-state index in [1.54, 1.807) is 24.3 Å². The van der Waals surface area contributed by atoms with E-state index in [1.807, 2.05) is 19.1 Å². The van der Waals surface area contributed by atoms with Gasteiger partial charge in [-0.25, -0.2) is 0 Å². The van der Waals surface area contributed by atoms with Gasteiger partial charge in [-0.2, -0.15) is 4.37 Å². The molecule has 1 heterocycles. The zero-order valence-corrected chi connectivity index (χ0v) is 25.1.